The number of pyridine rings is 1. The van der Waals surface area contributed by atoms with Crippen LogP contribution in [0.1, 0.15) is 11.3 Å². The van der Waals surface area contributed by atoms with E-state index in [1.54, 1.807) is 18.2 Å². The molecule has 0 saturated carbocycles. The van der Waals surface area contributed by atoms with E-state index in [4.69, 9.17) is 27.9 Å². The average Bonchev–Trinajstić information content (AvgIpc) is 2.32. The molecule has 0 saturated heterocycles. The van der Waals surface area contributed by atoms with Crippen molar-refractivity contribution in [3.8, 4) is 11.6 Å². The van der Waals surface area contributed by atoms with Crippen molar-refractivity contribution in [3.05, 3.63) is 51.6 Å². The zero-order valence-electron chi connectivity index (χ0n) is 10.7. The monoisotopic (exact) mass is 296 g/mol. The summed E-state index contributed by atoms with van der Waals surface area (Å²) in [6, 6.07) is 8.99. The molecule has 0 aliphatic heterocycles. The summed E-state index contributed by atoms with van der Waals surface area (Å²) in [6.07, 6.45) is 0. The lowest BCUT2D eigenvalue weighted by Crippen LogP contribution is -2.06. The Labute approximate surface area is 122 Å². The summed E-state index contributed by atoms with van der Waals surface area (Å²) in [6.45, 7) is 2.68. The number of halogens is 2. The van der Waals surface area contributed by atoms with Crippen LogP contribution < -0.4 is 10.1 Å². The first kappa shape index (κ1) is 14.1. The van der Waals surface area contributed by atoms with Gasteiger partial charge < -0.3 is 10.1 Å². The molecule has 19 heavy (non-hydrogen) atoms. The van der Waals surface area contributed by atoms with Gasteiger partial charge in [-0.3, -0.25) is 0 Å². The highest BCUT2D eigenvalue weighted by Gasteiger charge is 2.06. The molecule has 1 N–H and O–H groups in total. The van der Waals surface area contributed by atoms with Crippen LogP contribution in [-0.2, 0) is 6.54 Å². The van der Waals surface area contributed by atoms with Crippen molar-refractivity contribution in [1.82, 2.24) is 10.3 Å². The van der Waals surface area contributed by atoms with E-state index in [1.807, 2.05) is 26.1 Å². The van der Waals surface area contributed by atoms with E-state index in [0.717, 1.165) is 17.8 Å². The van der Waals surface area contributed by atoms with Gasteiger partial charge >= 0.3 is 0 Å². The molecule has 0 fully saturated rings. The molecule has 2 aromatic rings. The number of nitrogens with zero attached hydrogens (tertiary/aromatic N) is 1. The maximum atomic E-state index is 6.07. The van der Waals surface area contributed by atoms with Crippen LogP contribution in [0.5, 0.6) is 11.6 Å². The number of hydrogen-bond donors (Lipinski definition) is 1. The van der Waals surface area contributed by atoms with Gasteiger partial charge in [0, 0.05) is 23.3 Å². The topological polar surface area (TPSA) is 34.2 Å². The molecule has 0 aliphatic rings. The highest BCUT2D eigenvalue weighted by Crippen LogP contribution is 2.31. The summed E-state index contributed by atoms with van der Waals surface area (Å²) >= 11 is 11.9. The van der Waals surface area contributed by atoms with Crippen molar-refractivity contribution in [2.24, 2.45) is 0 Å². The van der Waals surface area contributed by atoms with Gasteiger partial charge in [0.1, 0.15) is 5.75 Å². The smallest absolute Gasteiger partial charge is 0.219 e. The number of aryl methyl sites for hydroxylation is 1. The quantitative estimate of drug-likeness (QED) is 0.918. The van der Waals surface area contributed by atoms with Gasteiger partial charge in [0.25, 0.3) is 0 Å². The maximum Gasteiger partial charge on any atom is 0.219 e. The first-order valence-corrected chi connectivity index (χ1v) is 6.59. The predicted octanol–water partition coefficient (Wildman–Crippen LogP) is 4.21. The number of benzene rings is 1. The third-order valence-electron chi connectivity index (χ3n) is 2.48. The fraction of sp³-hybridized carbons (Fsp3) is 0.214. The Balaban J connectivity index is 2.27. The van der Waals surface area contributed by atoms with Crippen LogP contribution in [0, 0.1) is 6.92 Å². The highest BCUT2D eigenvalue weighted by atomic mass is 35.5. The molecular formula is C14H14Cl2N2O. The molecule has 0 radical (unpaired) electrons. The first-order chi connectivity index (χ1) is 9.08. The minimum atomic E-state index is 0.464. The van der Waals surface area contributed by atoms with Gasteiger partial charge in [0.15, 0.2) is 0 Å². The molecule has 5 heteroatoms. The summed E-state index contributed by atoms with van der Waals surface area (Å²) in [5, 5.41) is 4.13. The van der Waals surface area contributed by atoms with E-state index in [-0.39, 0.29) is 0 Å². The maximum absolute atomic E-state index is 6.07. The van der Waals surface area contributed by atoms with Crippen LogP contribution in [0.4, 0.5) is 0 Å². The molecule has 0 atom stereocenters. The van der Waals surface area contributed by atoms with E-state index >= 15 is 0 Å². The second-order valence-corrected chi connectivity index (χ2v) is 5.01. The van der Waals surface area contributed by atoms with E-state index in [9.17, 15) is 0 Å². The molecule has 0 amide bonds. The Bertz CT molecular complexity index is 588. The Morgan fingerprint density at radius 2 is 2.00 bits per heavy atom. The van der Waals surface area contributed by atoms with Crippen molar-refractivity contribution in [2.75, 3.05) is 7.05 Å². The summed E-state index contributed by atoms with van der Waals surface area (Å²) < 4.78 is 5.70. The molecule has 3 nitrogen and oxygen atoms in total. The largest absolute Gasteiger partial charge is 0.437 e. The third-order valence-corrected chi connectivity index (χ3v) is 3.01. The normalized spacial score (nSPS) is 10.5. The van der Waals surface area contributed by atoms with E-state index in [1.165, 1.54) is 0 Å². The van der Waals surface area contributed by atoms with Crippen LogP contribution in [0.3, 0.4) is 0 Å². The van der Waals surface area contributed by atoms with Gasteiger partial charge in [0.2, 0.25) is 5.88 Å². The summed E-state index contributed by atoms with van der Waals surface area (Å²) in [5.41, 5.74) is 2.00. The molecule has 0 aliphatic carbocycles. The van der Waals surface area contributed by atoms with Gasteiger partial charge in [-0.2, -0.15) is 0 Å². The molecule has 2 rings (SSSR count). The fourth-order valence-electron chi connectivity index (χ4n) is 1.74. The first-order valence-electron chi connectivity index (χ1n) is 5.83. The van der Waals surface area contributed by atoms with Crippen LogP contribution in [0.25, 0.3) is 0 Å². The van der Waals surface area contributed by atoms with E-state index < -0.39 is 0 Å². The summed E-state index contributed by atoms with van der Waals surface area (Å²) in [7, 11) is 1.90. The highest BCUT2D eigenvalue weighted by molar-refractivity contribution is 6.35. The second kappa shape index (κ2) is 6.24. The average molecular weight is 297 g/mol. The molecule has 1 heterocycles. The standard InChI is InChI=1S/C14H14Cl2N2O/c1-9-5-10(8-17-2)6-14(18-9)19-13-4-3-11(15)7-12(13)16/h3-7,17H,8H2,1-2H3. The van der Waals surface area contributed by atoms with Crippen molar-refractivity contribution in [1.29, 1.82) is 0 Å². The molecule has 0 unspecified atom stereocenters. The second-order valence-electron chi connectivity index (χ2n) is 4.16. The van der Waals surface area contributed by atoms with Crippen LogP contribution >= 0.6 is 23.2 Å². The Morgan fingerprint density at radius 3 is 2.68 bits per heavy atom. The number of aromatic nitrogens is 1. The molecule has 0 spiro atoms. The predicted molar refractivity (Wildman–Crippen MR) is 78.3 cm³/mol. The molecular weight excluding hydrogens is 283 g/mol. The van der Waals surface area contributed by atoms with Gasteiger partial charge in [-0.1, -0.05) is 23.2 Å². The fourth-order valence-corrected chi connectivity index (χ4v) is 2.18. The van der Waals surface area contributed by atoms with Crippen molar-refractivity contribution >= 4 is 23.2 Å². The number of hydrogen-bond acceptors (Lipinski definition) is 3. The van der Waals surface area contributed by atoms with Crippen molar-refractivity contribution < 1.29 is 4.74 Å². The summed E-state index contributed by atoms with van der Waals surface area (Å²) in [4.78, 5) is 4.33. The van der Waals surface area contributed by atoms with Gasteiger partial charge in [-0.05, 0) is 43.8 Å². The minimum absolute atomic E-state index is 0.464. The van der Waals surface area contributed by atoms with E-state index in [2.05, 4.69) is 10.3 Å². The van der Waals surface area contributed by atoms with Gasteiger partial charge in [-0.15, -0.1) is 0 Å². The van der Waals surface area contributed by atoms with Crippen molar-refractivity contribution in [2.45, 2.75) is 13.5 Å². The minimum Gasteiger partial charge on any atom is -0.437 e. The Morgan fingerprint density at radius 1 is 1.21 bits per heavy atom. The lowest BCUT2D eigenvalue weighted by Gasteiger charge is -2.09. The molecule has 1 aromatic heterocycles. The lowest BCUT2D eigenvalue weighted by molar-refractivity contribution is 0.461. The number of rotatable bonds is 4. The third kappa shape index (κ3) is 3.83. The Kier molecular flexibility index (Phi) is 4.64. The molecule has 100 valence electrons. The van der Waals surface area contributed by atoms with Crippen LogP contribution in [0.15, 0.2) is 30.3 Å². The zero-order valence-corrected chi connectivity index (χ0v) is 12.2. The summed E-state index contributed by atoms with van der Waals surface area (Å²) in [5.74, 6) is 1.06. The lowest BCUT2D eigenvalue weighted by atomic mass is 10.2. The van der Waals surface area contributed by atoms with E-state index in [0.29, 0.717) is 21.7 Å². The number of ether oxygens (including phenoxy) is 1. The van der Waals surface area contributed by atoms with Crippen molar-refractivity contribution in [3.63, 3.8) is 0 Å². The molecule has 1 aromatic carbocycles. The van der Waals surface area contributed by atoms with Gasteiger partial charge in [0.05, 0.1) is 5.02 Å². The zero-order chi connectivity index (χ0) is 13.8. The number of nitrogens with one attached hydrogen (secondary N) is 1. The SMILES string of the molecule is CNCc1cc(C)nc(Oc2ccc(Cl)cc2Cl)c1. The Hall–Kier alpha value is -1.29. The van der Waals surface area contributed by atoms with Crippen LogP contribution in [0.2, 0.25) is 10.0 Å². The molecule has 0 bridgehead atoms. The van der Waals surface area contributed by atoms with Gasteiger partial charge in [-0.25, -0.2) is 4.98 Å². The van der Waals surface area contributed by atoms with Crippen LogP contribution in [-0.4, -0.2) is 12.0 Å².